The molecule has 0 aliphatic carbocycles. The van der Waals surface area contributed by atoms with Gasteiger partial charge in [-0.1, -0.05) is 36.5 Å². The van der Waals surface area contributed by atoms with Crippen molar-refractivity contribution in [2.75, 3.05) is 6.54 Å². The van der Waals surface area contributed by atoms with Crippen LogP contribution in [0.25, 0.3) is 0 Å². The quantitative estimate of drug-likeness (QED) is 0.504. The lowest BCUT2D eigenvalue weighted by atomic mass is 9.98. The molecule has 0 bridgehead atoms. The average molecular weight is 472 g/mol. The number of halogens is 2. The van der Waals surface area contributed by atoms with Crippen molar-refractivity contribution in [1.29, 1.82) is 0 Å². The SMILES string of the molecule is CCCC(NC(=O)c1cc(Cl)c(O)c(Cl)c1)C(=O)N1CCCC[C@H]1C(=O)N[C@@H](C)C=O. The molecule has 8 nitrogen and oxygen atoms in total. The summed E-state index contributed by atoms with van der Waals surface area (Å²) in [4.78, 5) is 51.0. The van der Waals surface area contributed by atoms with E-state index in [1.54, 1.807) is 6.92 Å². The van der Waals surface area contributed by atoms with Crippen molar-refractivity contribution in [2.24, 2.45) is 0 Å². The summed E-state index contributed by atoms with van der Waals surface area (Å²) in [7, 11) is 0. The Balaban J connectivity index is 2.20. The lowest BCUT2D eigenvalue weighted by Gasteiger charge is -2.37. The number of benzene rings is 1. The number of phenols is 1. The average Bonchev–Trinajstić information content (AvgIpc) is 2.75. The van der Waals surface area contributed by atoms with Crippen LogP contribution >= 0.6 is 23.2 Å². The first kappa shape index (κ1) is 24.9. The largest absolute Gasteiger partial charge is 0.505 e. The topological polar surface area (TPSA) is 116 Å². The first-order valence-corrected chi connectivity index (χ1v) is 11.0. The molecule has 0 aromatic heterocycles. The summed E-state index contributed by atoms with van der Waals surface area (Å²) < 4.78 is 0. The summed E-state index contributed by atoms with van der Waals surface area (Å²) in [5, 5.41) is 14.8. The summed E-state index contributed by atoms with van der Waals surface area (Å²) in [6.07, 6.45) is 3.64. The van der Waals surface area contributed by atoms with E-state index >= 15 is 0 Å². The van der Waals surface area contributed by atoms with Gasteiger partial charge >= 0.3 is 0 Å². The van der Waals surface area contributed by atoms with Gasteiger partial charge < -0.3 is 25.4 Å². The Hall–Kier alpha value is -2.32. The number of hydrogen-bond acceptors (Lipinski definition) is 5. The second-order valence-electron chi connectivity index (χ2n) is 7.58. The first-order valence-electron chi connectivity index (χ1n) is 10.2. The zero-order valence-corrected chi connectivity index (χ0v) is 19.0. The van der Waals surface area contributed by atoms with Gasteiger partial charge in [0.05, 0.1) is 16.1 Å². The Morgan fingerprint density at radius 1 is 1.23 bits per heavy atom. The van der Waals surface area contributed by atoms with Crippen LogP contribution in [0.4, 0.5) is 0 Å². The second-order valence-corrected chi connectivity index (χ2v) is 8.39. The van der Waals surface area contributed by atoms with Gasteiger partial charge in [0, 0.05) is 12.1 Å². The van der Waals surface area contributed by atoms with Crippen molar-refractivity contribution in [2.45, 2.75) is 64.1 Å². The number of carbonyl (C=O) groups excluding carboxylic acids is 4. The normalized spacial score (nSPS) is 18.1. The van der Waals surface area contributed by atoms with Crippen molar-refractivity contribution in [3.05, 3.63) is 27.7 Å². The molecule has 1 aromatic carbocycles. The number of rotatable bonds is 8. The van der Waals surface area contributed by atoms with Crippen molar-refractivity contribution in [3.8, 4) is 5.75 Å². The highest BCUT2D eigenvalue weighted by atomic mass is 35.5. The van der Waals surface area contributed by atoms with E-state index in [2.05, 4.69) is 10.6 Å². The predicted octanol–water partition coefficient (Wildman–Crippen LogP) is 2.68. The number of amides is 3. The van der Waals surface area contributed by atoms with E-state index in [0.717, 1.165) is 12.8 Å². The number of hydrogen-bond donors (Lipinski definition) is 3. The van der Waals surface area contributed by atoms with E-state index in [1.807, 2.05) is 6.92 Å². The minimum Gasteiger partial charge on any atom is -0.505 e. The first-order chi connectivity index (χ1) is 14.7. The van der Waals surface area contributed by atoms with Gasteiger partial charge in [-0.05, 0) is 44.7 Å². The van der Waals surface area contributed by atoms with Crippen LogP contribution in [0.3, 0.4) is 0 Å². The highest BCUT2D eigenvalue weighted by molar-refractivity contribution is 6.37. The highest BCUT2D eigenvalue weighted by Crippen LogP contribution is 2.32. The molecule has 0 saturated carbocycles. The van der Waals surface area contributed by atoms with Crippen LogP contribution in [0.2, 0.25) is 10.0 Å². The lowest BCUT2D eigenvalue weighted by Crippen LogP contribution is -2.58. The molecule has 1 saturated heterocycles. The molecule has 10 heteroatoms. The minimum atomic E-state index is -0.847. The van der Waals surface area contributed by atoms with Crippen molar-refractivity contribution in [3.63, 3.8) is 0 Å². The molecule has 1 aromatic rings. The Bertz CT molecular complexity index is 825. The fourth-order valence-electron chi connectivity index (χ4n) is 3.51. The second kappa shape index (κ2) is 11.3. The summed E-state index contributed by atoms with van der Waals surface area (Å²) in [5.41, 5.74) is 0.106. The molecule has 1 unspecified atom stereocenters. The van der Waals surface area contributed by atoms with E-state index in [4.69, 9.17) is 23.2 Å². The zero-order valence-electron chi connectivity index (χ0n) is 17.5. The number of piperidine rings is 1. The van der Waals surface area contributed by atoms with Crippen LogP contribution in [-0.2, 0) is 14.4 Å². The van der Waals surface area contributed by atoms with Gasteiger partial charge in [-0.2, -0.15) is 0 Å². The minimum absolute atomic E-state index is 0.0759. The molecule has 170 valence electrons. The van der Waals surface area contributed by atoms with E-state index < -0.39 is 24.0 Å². The fraction of sp³-hybridized carbons (Fsp3) is 0.524. The number of aldehydes is 1. The van der Waals surface area contributed by atoms with Crippen LogP contribution in [0.15, 0.2) is 12.1 Å². The van der Waals surface area contributed by atoms with Crippen LogP contribution < -0.4 is 10.6 Å². The van der Waals surface area contributed by atoms with E-state index in [-0.39, 0.29) is 33.2 Å². The molecule has 3 atom stereocenters. The molecule has 3 N–H and O–H groups in total. The van der Waals surface area contributed by atoms with Gasteiger partial charge in [-0.3, -0.25) is 14.4 Å². The maximum absolute atomic E-state index is 13.3. The maximum Gasteiger partial charge on any atom is 0.252 e. The van der Waals surface area contributed by atoms with E-state index in [0.29, 0.717) is 32.1 Å². The number of aromatic hydroxyl groups is 1. The Kier molecular flexibility index (Phi) is 9.13. The van der Waals surface area contributed by atoms with Gasteiger partial charge in [0.2, 0.25) is 11.8 Å². The molecule has 1 aliphatic rings. The molecule has 1 aliphatic heterocycles. The number of nitrogens with zero attached hydrogens (tertiary/aromatic N) is 1. The number of phenolic OH excluding ortho intramolecular Hbond substituents is 1. The van der Waals surface area contributed by atoms with Crippen LogP contribution in [0.1, 0.15) is 56.3 Å². The molecule has 1 heterocycles. The maximum atomic E-state index is 13.3. The Labute approximate surface area is 191 Å². The third kappa shape index (κ3) is 6.33. The molecule has 1 fully saturated rings. The highest BCUT2D eigenvalue weighted by Gasteiger charge is 2.36. The van der Waals surface area contributed by atoms with Gasteiger partial charge in [0.25, 0.3) is 5.91 Å². The number of nitrogens with one attached hydrogen (secondary N) is 2. The van der Waals surface area contributed by atoms with E-state index in [9.17, 15) is 24.3 Å². The number of likely N-dealkylation sites (tertiary alicyclic amines) is 1. The van der Waals surface area contributed by atoms with Crippen molar-refractivity contribution in [1.82, 2.24) is 15.5 Å². The molecule has 2 rings (SSSR count). The van der Waals surface area contributed by atoms with Gasteiger partial charge in [0.15, 0.2) is 5.75 Å². The Morgan fingerprint density at radius 2 is 1.87 bits per heavy atom. The lowest BCUT2D eigenvalue weighted by molar-refractivity contribution is -0.144. The van der Waals surface area contributed by atoms with Gasteiger partial charge in [0.1, 0.15) is 18.4 Å². The van der Waals surface area contributed by atoms with Gasteiger partial charge in [-0.15, -0.1) is 0 Å². The van der Waals surface area contributed by atoms with Crippen molar-refractivity contribution >= 4 is 47.2 Å². The Morgan fingerprint density at radius 3 is 2.45 bits per heavy atom. The van der Waals surface area contributed by atoms with Gasteiger partial charge in [-0.25, -0.2) is 0 Å². The third-order valence-electron chi connectivity index (χ3n) is 5.12. The van der Waals surface area contributed by atoms with E-state index in [1.165, 1.54) is 17.0 Å². The fourth-order valence-corrected chi connectivity index (χ4v) is 3.99. The van der Waals surface area contributed by atoms with Crippen LogP contribution in [0, 0.1) is 0 Å². The zero-order chi connectivity index (χ0) is 23.1. The van der Waals surface area contributed by atoms with Crippen LogP contribution in [0.5, 0.6) is 5.75 Å². The van der Waals surface area contributed by atoms with Crippen LogP contribution in [-0.4, -0.2) is 58.7 Å². The molecule has 0 spiro atoms. The standard InChI is InChI=1S/C21H27Cl2N3O5/c1-3-6-16(25-19(29)13-9-14(22)18(28)15(23)10-13)21(31)26-8-5-4-7-17(26)20(30)24-12(2)11-27/h9-12,16-17,28H,3-8H2,1-2H3,(H,24,30)(H,25,29)/t12-,16?,17-/m0/s1. The summed E-state index contributed by atoms with van der Waals surface area (Å²) in [5.74, 6) is -1.63. The third-order valence-corrected chi connectivity index (χ3v) is 5.70. The predicted molar refractivity (Wildman–Crippen MR) is 117 cm³/mol. The number of carbonyl (C=O) groups is 4. The monoisotopic (exact) mass is 471 g/mol. The van der Waals surface area contributed by atoms with Crippen molar-refractivity contribution < 1.29 is 24.3 Å². The summed E-state index contributed by atoms with van der Waals surface area (Å²) >= 11 is 11.8. The molecular weight excluding hydrogens is 445 g/mol. The molecule has 3 amide bonds. The smallest absolute Gasteiger partial charge is 0.252 e. The summed E-state index contributed by atoms with van der Waals surface area (Å²) in [6.45, 7) is 3.83. The molecule has 0 radical (unpaired) electrons. The molecule has 31 heavy (non-hydrogen) atoms. The summed E-state index contributed by atoms with van der Waals surface area (Å²) in [6, 6.07) is 0.340. The molecular formula is C21H27Cl2N3O5.